The molecule has 0 unspecified atom stereocenters. The average Bonchev–Trinajstić information content (AvgIpc) is 2.41. The predicted molar refractivity (Wildman–Crippen MR) is 76.6 cm³/mol. The lowest BCUT2D eigenvalue weighted by molar-refractivity contribution is 0.469. The summed E-state index contributed by atoms with van der Waals surface area (Å²) < 4.78 is 0. The Bertz CT molecular complexity index is 633. The topological polar surface area (TPSA) is 56.0 Å². The summed E-state index contributed by atoms with van der Waals surface area (Å²) >= 11 is 11.7. The van der Waals surface area contributed by atoms with Gasteiger partial charge in [0.1, 0.15) is 5.75 Å². The van der Waals surface area contributed by atoms with E-state index in [1.54, 1.807) is 30.3 Å². The normalized spacial score (nSPS) is 9.95. The standard InChI is InChI=1S/C14H10Cl2N2O/c15-11-5-10(14(19)13(16)6-11)8-18-12-3-1-9(7-17)2-4-12/h1-6,18-19H,8H2. The zero-order chi connectivity index (χ0) is 13.8. The molecule has 0 heterocycles. The molecule has 3 nitrogen and oxygen atoms in total. The smallest absolute Gasteiger partial charge is 0.139 e. The minimum absolute atomic E-state index is 0.0206. The highest BCUT2D eigenvalue weighted by Crippen LogP contribution is 2.31. The molecule has 0 aliphatic carbocycles. The number of benzene rings is 2. The summed E-state index contributed by atoms with van der Waals surface area (Å²) in [4.78, 5) is 0. The first-order valence-corrected chi connectivity index (χ1v) is 6.26. The first kappa shape index (κ1) is 13.5. The maximum absolute atomic E-state index is 9.81. The van der Waals surface area contributed by atoms with Crippen molar-refractivity contribution >= 4 is 28.9 Å². The summed E-state index contributed by atoms with van der Waals surface area (Å²) in [6.07, 6.45) is 0. The SMILES string of the molecule is N#Cc1ccc(NCc2cc(Cl)cc(Cl)c2O)cc1. The third-order valence-corrected chi connectivity index (χ3v) is 3.11. The van der Waals surface area contributed by atoms with E-state index >= 15 is 0 Å². The fourth-order valence-electron chi connectivity index (χ4n) is 1.61. The third-order valence-electron chi connectivity index (χ3n) is 2.60. The molecule has 0 aliphatic rings. The van der Waals surface area contributed by atoms with Crippen LogP contribution in [0.5, 0.6) is 5.75 Å². The van der Waals surface area contributed by atoms with Gasteiger partial charge in [0.25, 0.3) is 0 Å². The second kappa shape index (κ2) is 5.83. The van der Waals surface area contributed by atoms with Gasteiger partial charge in [0.05, 0.1) is 16.7 Å². The molecule has 19 heavy (non-hydrogen) atoms. The van der Waals surface area contributed by atoms with Crippen LogP contribution in [0.15, 0.2) is 36.4 Å². The second-order valence-corrected chi connectivity index (χ2v) is 4.78. The molecule has 0 radical (unpaired) electrons. The van der Waals surface area contributed by atoms with Gasteiger partial charge in [-0.2, -0.15) is 5.26 Å². The molecule has 5 heteroatoms. The maximum Gasteiger partial charge on any atom is 0.139 e. The van der Waals surface area contributed by atoms with E-state index in [1.807, 2.05) is 6.07 Å². The van der Waals surface area contributed by atoms with Gasteiger partial charge in [-0.05, 0) is 36.4 Å². The fourth-order valence-corrected chi connectivity index (χ4v) is 2.15. The molecule has 0 aromatic heterocycles. The highest BCUT2D eigenvalue weighted by atomic mass is 35.5. The largest absolute Gasteiger partial charge is 0.506 e. The first-order valence-electron chi connectivity index (χ1n) is 5.51. The van der Waals surface area contributed by atoms with E-state index in [9.17, 15) is 5.11 Å². The zero-order valence-corrected chi connectivity index (χ0v) is 11.3. The number of halogens is 2. The van der Waals surface area contributed by atoms with Crippen LogP contribution in [0.1, 0.15) is 11.1 Å². The van der Waals surface area contributed by atoms with Crippen molar-refractivity contribution in [2.24, 2.45) is 0 Å². The van der Waals surface area contributed by atoms with Gasteiger partial charge in [-0.25, -0.2) is 0 Å². The highest BCUT2D eigenvalue weighted by molar-refractivity contribution is 6.35. The predicted octanol–water partition coefficient (Wildman–Crippen LogP) is 4.18. The molecule has 96 valence electrons. The Morgan fingerprint density at radius 1 is 1.16 bits per heavy atom. The Balaban J connectivity index is 2.12. The fraction of sp³-hybridized carbons (Fsp3) is 0.0714. The van der Waals surface area contributed by atoms with Crippen molar-refractivity contribution in [3.05, 3.63) is 57.6 Å². The number of phenolic OH excluding ortho intramolecular Hbond substituents is 1. The van der Waals surface area contributed by atoms with E-state index in [-0.39, 0.29) is 10.8 Å². The monoisotopic (exact) mass is 292 g/mol. The van der Waals surface area contributed by atoms with E-state index in [0.717, 1.165) is 5.69 Å². The summed E-state index contributed by atoms with van der Waals surface area (Å²) in [6, 6.07) is 12.2. The van der Waals surface area contributed by atoms with Crippen LogP contribution in [0.2, 0.25) is 10.0 Å². The molecule has 2 aromatic rings. The molecule has 0 saturated carbocycles. The Morgan fingerprint density at radius 3 is 2.47 bits per heavy atom. The maximum atomic E-state index is 9.81. The molecule has 2 rings (SSSR count). The number of phenols is 1. The Hall–Kier alpha value is -1.89. The molecular weight excluding hydrogens is 283 g/mol. The van der Waals surface area contributed by atoms with E-state index < -0.39 is 0 Å². The molecule has 2 aromatic carbocycles. The number of nitrogens with zero attached hydrogens (tertiary/aromatic N) is 1. The van der Waals surface area contributed by atoms with Crippen molar-refractivity contribution in [1.29, 1.82) is 5.26 Å². The molecule has 0 aliphatic heterocycles. The molecular formula is C14H10Cl2N2O. The van der Waals surface area contributed by atoms with Gasteiger partial charge < -0.3 is 10.4 Å². The van der Waals surface area contributed by atoms with Crippen LogP contribution in [-0.2, 0) is 6.54 Å². The van der Waals surface area contributed by atoms with Crippen LogP contribution in [0, 0.1) is 11.3 Å². The van der Waals surface area contributed by atoms with Crippen LogP contribution < -0.4 is 5.32 Å². The van der Waals surface area contributed by atoms with Gasteiger partial charge in [-0.3, -0.25) is 0 Å². The molecule has 0 spiro atoms. The van der Waals surface area contributed by atoms with Crippen molar-refractivity contribution in [3.8, 4) is 11.8 Å². The van der Waals surface area contributed by atoms with Crippen molar-refractivity contribution in [1.82, 2.24) is 0 Å². The lowest BCUT2D eigenvalue weighted by Crippen LogP contribution is -2.00. The third kappa shape index (κ3) is 3.31. The molecule has 0 saturated heterocycles. The number of nitrogens with one attached hydrogen (secondary N) is 1. The van der Waals surface area contributed by atoms with Gasteiger partial charge in [-0.15, -0.1) is 0 Å². The number of anilines is 1. The van der Waals surface area contributed by atoms with Crippen LogP contribution in [0.4, 0.5) is 5.69 Å². The minimum Gasteiger partial charge on any atom is -0.506 e. The summed E-state index contributed by atoms with van der Waals surface area (Å²) in [6.45, 7) is 0.387. The van der Waals surface area contributed by atoms with E-state index in [1.165, 1.54) is 6.07 Å². The molecule has 0 amide bonds. The van der Waals surface area contributed by atoms with Crippen molar-refractivity contribution in [2.45, 2.75) is 6.54 Å². The van der Waals surface area contributed by atoms with Gasteiger partial charge in [0.15, 0.2) is 0 Å². The van der Waals surface area contributed by atoms with E-state index in [0.29, 0.717) is 22.7 Å². The molecule has 0 bridgehead atoms. The first-order chi connectivity index (χ1) is 9.10. The van der Waals surface area contributed by atoms with Gasteiger partial charge in [0.2, 0.25) is 0 Å². The lowest BCUT2D eigenvalue weighted by Gasteiger charge is -2.10. The zero-order valence-electron chi connectivity index (χ0n) is 9.82. The summed E-state index contributed by atoms with van der Waals surface area (Å²) in [5.41, 5.74) is 2.05. The number of hydrogen-bond acceptors (Lipinski definition) is 3. The van der Waals surface area contributed by atoms with Crippen molar-refractivity contribution in [3.63, 3.8) is 0 Å². The van der Waals surface area contributed by atoms with Crippen LogP contribution in [0.3, 0.4) is 0 Å². The number of aromatic hydroxyl groups is 1. The summed E-state index contributed by atoms with van der Waals surface area (Å²) in [5.74, 6) is 0.0206. The van der Waals surface area contributed by atoms with Crippen LogP contribution in [0.25, 0.3) is 0 Å². The van der Waals surface area contributed by atoms with Gasteiger partial charge in [-0.1, -0.05) is 23.2 Å². The van der Waals surface area contributed by atoms with E-state index in [2.05, 4.69) is 5.32 Å². The molecule has 0 fully saturated rings. The van der Waals surface area contributed by atoms with Crippen LogP contribution in [-0.4, -0.2) is 5.11 Å². The summed E-state index contributed by atoms with van der Waals surface area (Å²) in [7, 11) is 0. The van der Waals surface area contributed by atoms with Crippen molar-refractivity contribution < 1.29 is 5.11 Å². The van der Waals surface area contributed by atoms with Crippen molar-refractivity contribution in [2.75, 3.05) is 5.32 Å². The second-order valence-electron chi connectivity index (χ2n) is 3.94. The number of nitriles is 1. The van der Waals surface area contributed by atoms with E-state index in [4.69, 9.17) is 28.5 Å². The Kier molecular flexibility index (Phi) is 4.16. The minimum atomic E-state index is 0.0206. The van der Waals surface area contributed by atoms with Crippen LogP contribution >= 0.6 is 23.2 Å². The van der Waals surface area contributed by atoms with Gasteiger partial charge >= 0.3 is 0 Å². The number of rotatable bonds is 3. The molecule has 0 atom stereocenters. The average molecular weight is 293 g/mol. The highest BCUT2D eigenvalue weighted by Gasteiger charge is 2.07. The van der Waals surface area contributed by atoms with Gasteiger partial charge in [0, 0.05) is 22.8 Å². The lowest BCUT2D eigenvalue weighted by atomic mass is 10.2. The Morgan fingerprint density at radius 2 is 1.84 bits per heavy atom. The Labute approximate surface area is 121 Å². The summed E-state index contributed by atoms with van der Waals surface area (Å²) in [5, 5.41) is 22.3. The molecule has 2 N–H and O–H groups in total. The number of hydrogen-bond donors (Lipinski definition) is 2. The quantitative estimate of drug-likeness (QED) is 0.892.